The molecule has 1 aromatic carbocycles. The number of sulfone groups is 1. The standard InChI is InChI=1S/C15H16ClNO5S/c1-10-5-12(22-17-10)9-23(18,19)8-11-6-13(16)15-14(7-11)20-3-2-4-21-15/h5-7H,2-4,8-9H2,1H3. The second kappa shape index (κ2) is 6.41. The van der Waals surface area contributed by atoms with Crippen LogP contribution in [-0.2, 0) is 21.3 Å². The van der Waals surface area contributed by atoms with E-state index in [9.17, 15) is 8.42 Å². The maximum Gasteiger partial charge on any atom is 0.179 e. The van der Waals surface area contributed by atoms with Crippen LogP contribution in [0.5, 0.6) is 11.5 Å². The molecule has 124 valence electrons. The first-order valence-corrected chi connectivity index (χ1v) is 9.33. The van der Waals surface area contributed by atoms with Crippen LogP contribution < -0.4 is 9.47 Å². The van der Waals surface area contributed by atoms with Gasteiger partial charge in [-0.3, -0.25) is 0 Å². The van der Waals surface area contributed by atoms with Crippen LogP contribution in [0.25, 0.3) is 0 Å². The van der Waals surface area contributed by atoms with E-state index in [1.807, 2.05) is 0 Å². The summed E-state index contributed by atoms with van der Waals surface area (Å²) in [5, 5.41) is 4.04. The maximum atomic E-state index is 12.3. The fourth-order valence-corrected chi connectivity index (χ4v) is 4.01. The molecule has 0 atom stereocenters. The Morgan fingerprint density at radius 2 is 1.96 bits per heavy atom. The second-order valence-corrected chi connectivity index (χ2v) is 7.89. The lowest BCUT2D eigenvalue weighted by Crippen LogP contribution is -2.07. The molecule has 0 saturated heterocycles. The average Bonchev–Trinajstić information content (AvgIpc) is 2.72. The van der Waals surface area contributed by atoms with Gasteiger partial charge in [-0.1, -0.05) is 16.8 Å². The van der Waals surface area contributed by atoms with Crippen LogP contribution in [0.2, 0.25) is 5.02 Å². The summed E-state index contributed by atoms with van der Waals surface area (Å²) in [4.78, 5) is 0. The molecule has 1 aliphatic rings. The maximum absolute atomic E-state index is 12.3. The largest absolute Gasteiger partial charge is 0.489 e. The molecule has 6 nitrogen and oxygen atoms in total. The normalized spacial score (nSPS) is 14.5. The Balaban J connectivity index is 1.82. The van der Waals surface area contributed by atoms with Crippen molar-refractivity contribution in [3.63, 3.8) is 0 Å². The molecule has 3 rings (SSSR count). The van der Waals surface area contributed by atoms with Crippen LogP contribution in [0.4, 0.5) is 0 Å². The molecular formula is C15H16ClNO5S. The van der Waals surface area contributed by atoms with E-state index in [2.05, 4.69) is 5.16 Å². The van der Waals surface area contributed by atoms with Gasteiger partial charge in [0.2, 0.25) is 0 Å². The van der Waals surface area contributed by atoms with Crippen molar-refractivity contribution in [2.45, 2.75) is 24.9 Å². The van der Waals surface area contributed by atoms with Crippen molar-refractivity contribution in [2.24, 2.45) is 0 Å². The van der Waals surface area contributed by atoms with Gasteiger partial charge in [0.15, 0.2) is 27.1 Å². The van der Waals surface area contributed by atoms with Crippen LogP contribution in [0, 0.1) is 6.92 Å². The zero-order chi connectivity index (χ0) is 16.4. The van der Waals surface area contributed by atoms with Crippen molar-refractivity contribution in [1.29, 1.82) is 0 Å². The van der Waals surface area contributed by atoms with E-state index in [1.165, 1.54) is 0 Å². The third-order valence-corrected chi connectivity index (χ3v) is 5.07. The van der Waals surface area contributed by atoms with Crippen LogP contribution in [0.15, 0.2) is 22.7 Å². The number of hydrogen-bond acceptors (Lipinski definition) is 6. The van der Waals surface area contributed by atoms with Gasteiger partial charge in [-0.05, 0) is 24.6 Å². The van der Waals surface area contributed by atoms with E-state index in [1.54, 1.807) is 25.1 Å². The minimum Gasteiger partial charge on any atom is -0.489 e. The van der Waals surface area contributed by atoms with Crippen molar-refractivity contribution in [3.8, 4) is 11.5 Å². The first kappa shape index (κ1) is 16.1. The Labute approximate surface area is 139 Å². The molecule has 2 heterocycles. The molecular weight excluding hydrogens is 342 g/mol. The highest BCUT2D eigenvalue weighted by Gasteiger charge is 2.20. The summed E-state index contributed by atoms with van der Waals surface area (Å²) >= 11 is 6.18. The number of ether oxygens (including phenoxy) is 2. The Morgan fingerprint density at radius 1 is 1.17 bits per heavy atom. The molecule has 0 fully saturated rings. The topological polar surface area (TPSA) is 78.6 Å². The zero-order valence-electron chi connectivity index (χ0n) is 12.5. The summed E-state index contributed by atoms with van der Waals surface area (Å²) in [6, 6.07) is 4.87. The number of fused-ring (bicyclic) bond motifs is 1. The molecule has 2 aromatic rings. The fourth-order valence-electron chi connectivity index (χ4n) is 2.37. The highest BCUT2D eigenvalue weighted by atomic mass is 35.5. The van der Waals surface area contributed by atoms with Gasteiger partial charge in [-0.15, -0.1) is 0 Å². The first-order chi connectivity index (χ1) is 10.9. The van der Waals surface area contributed by atoms with E-state index in [4.69, 9.17) is 25.6 Å². The van der Waals surface area contributed by atoms with Crippen LogP contribution in [0.1, 0.15) is 23.4 Å². The second-order valence-electron chi connectivity index (χ2n) is 5.42. The monoisotopic (exact) mass is 357 g/mol. The Kier molecular flexibility index (Phi) is 4.50. The molecule has 0 spiro atoms. The number of aryl methyl sites for hydroxylation is 1. The minimum absolute atomic E-state index is 0.164. The summed E-state index contributed by atoms with van der Waals surface area (Å²) in [5.41, 5.74) is 1.20. The Bertz CT molecular complexity index is 815. The number of rotatable bonds is 4. The van der Waals surface area contributed by atoms with E-state index in [0.29, 0.717) is 46.8 Å². The SMILES string of the molecule is Cc1cc(CS(=O)(=O)Cc2cc(Cl)c3c(c2)OCCCO3)on1. The van der Waals surface area contributed by atoms with E-state index >= 15 is 0 Å². The molecule has 0 aliphatic carbocycles. The van der Waals surface area contributed by atoms with E-state index in [0.717, 1.165) is 6.42 Å². The fraction of sp³-hybridized carbons (Fsp3) is 0.400. The lowest BCUT2D eigenvalue weighted by molar-refractivity contribution is 0.297. The van der Waals surface area contributed by atoms with Crippen LogP contribution in [-0.4, -0.2) is 26.8 Å². The molecule has 1 aliphatic heterocycles. The number of hydrogen-bond donors (Lipinski definition) is 0. The summed E-state index contributed by atoms with van der Waals surface area (Å²) in [7, 11) is -3.42. The number of aromatic nitrogens is 1. The third-order valence-electron chi connectivity index (χ3n) is 3.29. The van der Waals surface area contributed by atoms with Gasteiger partial charge in [0.1, 0.15) is 5.75 Å². The highest BCUT2D eigenvalue weighted by molar-refractivity contribution is 7.89. The molecule has 8 heteroatoms. The summed E-state index contributed by atoms with van der Waals surface area (Å²) in [6.45, 7) is 2.77. The molecule has 0 amide bonds. The summed E-state index contributed by atoms with van der Waals surface area (Å²) in [5.74, 6) is 0.901. The molecule has 0 unspecified atom stereocenters. The lowest BCUT2D eigenvalue weighted by atomic mass is 10.2. The van der Waals surface area contributed by atoms with Crippen molar-refractivity contribution in [1.82, 2.24) is 5.16 Å². The van der Waals surface area contributed by atoms with Gasteiger partial charge in [0.25, 0.3) is 0 Å². The zero-order valence-corrected chi connectivity index (χ0v) is 14.1. The first-order valence-electron chi connectivity index (χ1n) is 7.13. The van der Waals surface area contributed by atoms with Gasteiger partial charge < -0.3 is 14.0 Å². The van der Waals surface area contributed by atoms with Gasteiger partial charge in [-0.25, -0.2) is 8.42 Å². The van der Waals surface area contributed by atoms with E-state index in [-0.39, 0.29) is 11.5 Å². The minimum atomic E-state index is -3.42. The Morgan fingerprint density at radius 3 is 2.70 bits per heavy atom. The summed E-state index contributed by atoms with van der Waals surface area (Å²) in [6.07, 6.45) is 0.753. The number of benzene rings is 1. The van der Waals surface area contributed by atoms with Gasteiger partial charge in [0, 0.05) is 12.5 Å². The number of halogens is 1. The van der Waals surface area contributed by atoms with Crippen molar-refractivity contribution >= 4 is 21.4 Å². The molecule has 23 heavy (non-hydrogen) atoms. The third kappa shape index (κ3) is 3.97. The molecule has 0 saturated carbocycles. The quantitative estimate of drug-likeness (QED) is 0.837. The van der Waals surface area contributed by atoms with Crippen molar-refractivity contribution in [3.05, 3.63) is 40.2 Å². The molecule has 0 bridgehead atoms. The predicted molar refractivity (Wildman–Crippen MR) is 84.6 cm³/mol. The van der Waals surface area contributed by atoms with Crippen molar-refractivity contribution in [2.75, 3.05) is 13.2 Å². The highest BCUT2D eigenvalue weighted by Crippen LogP contribution is 2.38. The Hall–Kier alpha value is -1.73. The van der Waals surface area contributed by atoms with Crippen LogP contribution in [0.3, 0.4) is 0 Å². The predicted octanol–water partition coefficient (Wildman–Crippen LogP) is 2.91. The number of nitrogens with zero attached hydrogens (tertiary/aromatic N) is 1. The molecule has 0 N–H and O–H groups in total. The van der Waals surface area contributed by atoms with Gasteiger partial charge >= 0.3 is 0 Å². The average molecular weight is 358 g/mol. The summed E-state index contributed by atoms with van der Waals surface area (Å²) < 4.78 is 40.7. The van der Waals surface area contributed by atoms with Crippen LogP contribution >= 0.6 is 11.6 Å². The van der Waals surface area contributed by atoms with Gasteiger partial charge in [0.05, 0.1) is 29.7 Å². The van der Waals surface area contributed by atoms with Gasteiger partial charge in [-0.2, -0.15) is 0 Å². The molecule has 1 aromatic heterocycles. The smallest absolute Gasteiger partial charge is 0.179 e. The lowest BCUT2D eigenvalue weighted by Gasteiger charge is -2.11. The molecule has 0 radical (unpaired) electrons. The van der Waals surface area contributed by atoms with E-state index < -0.39 is 9.84 Å². The van der Waals surface area contributed by atoms with Crippen molar-refractivity contribution < 1.29 is 22.4 Å².